The summed E-state index contributed by atoms with van der Waals surface area (Å²) in [6.07, 6.45) is 1.62. The van der Waals surface area contributed by atoms with Gasteiger partial charge in [-0.2, -0.15) is 0 Å². The van der Waals surface area contributed by atoms with Crippen LogP contribution in [0.5, 0.6) is 0 Å². The van der Waals surface area contributed by atoms with E-state index in [2.05, 4.69) is 10.6 Å². The number of carbonyl (C=O) groups excluding carboxylic acids is 2. The molecule has 1 unspecified atom stereocenters. The van der Waals surface area contributed by atoms with Crippen LogP contribution in [0.3, 0.4) is 0 Å². The third kappa shape index (κ3) is 5.29. The highest BCUT2D eigenvalue weighted by Gasteiger charge is 2.16. The molecular weight excluding hydrogens is 342 g/mol. The van der Waals surface area contributed by atoms with Crippen molar-refractivity contribution >= 4 is 23.2 Å². The zero-order valence-corrected chi connectivity index (χ0v) is 15.1. The summed E-state index contributed by atoms with van der Waals surface area (Å²) in [5.74, 6) is 0.385. The van der Waals surface area contributed by atoms with Gasteiger partial charge in [-0.25, -0.2) is 0 Å². The Kier molecular flexibility index (Phi) is 6.02. The lowest BCUT2D eigenvalue weighted by molar-refractivity contribution is -0.886. The van der Waals surface area contributed by atoms with E-state index in [1.54, 1.807) is 30.5 Å². The molecule has 0 aliphatic carbocycles. The minimum absolute atomic E-state index is 0.168. The SMILES string of the molecule is C[NH+](CC(=O)Nc1ccccc1C(=O)Nc1ccccc1)Cc1ccco1. The van der Waals surface area contributed by atoms with Crippen molar-refractivity contribution < 1.29 is 18.9 Å². The van der Waals surface area contributed by atoms with Crippen molar-refractivity contribution in [3.05, 3.63) is 84.3 Å². The summed E-state index contributed by atoms with van der Waals surface area (Å²) < 4.78 is 5.31. The van der Waals surface area contributed by atoms with Crippen LogP contribution in [-0.2, 0) is 11.3 Å². The van der Waals surface area contributed by atoms with Crippen LogP contribution in [0.15, 0.2) is 77.4 Å². The van der Waals surface area contributed by atoms with Crippen molar-refractivity contribution in [2.45, 2.75) is 6.54 Å². The van der Waals surface area contributed by atoms with E-state index in [0.29, 0.717) is 23.5 Å². The molecule has 0 fully saturated rings. The molecule has 2 aromatic carbocycles. The highest BCUT2D eigenvalue weighted by Crippen LogP contribution is 2.17. The maximum absolute atomic E-state index is 12.6. The van der Waals surface area contributed by atoms with Gasteiger partial charge in [-0.15, -0.1) is 0 Å². The molecule has 0 aliphatic rings. The summed E-state index contributed by atoms with van der Waals surface area (Å²) in [6, 6.07) is 19.9. The molecule has 1 aromatic heterocycles. The van der Waals surface area contributed by atoms with E-state index >= 15 is 0 Å². The largest absolute Gasteiger partial charge is 0.463 e. The summed E-state index contributed by atoms with van der Waals surface area (Å²) in [6.45, 7) is 0.867. The number of rotatable bonds is 7. The molecule has 0 bridgehead atoms. The Bertz CT molecular complexity index is 892. The quantitative estimate of drug-likeness (QED) is 0.602. The minimum Gasteiger partial charge on any atom is -0.463 e. The fourth-order valence-corrected chi connectivity index (χ4v) is 2.75. The Morgan fingerprint density at radius 1 is 0.926 bits per heavy atom. The molecule has 3 aromatic rings. The van der Waals surface area contributed by atoms with Gasteiger partial charge in [-0.3, -0.25) is 9.59 Å². The molecule has 3 rings (SSSR count). The molecule has 0 saturated heterocycles. The summed E-state index contributed by atoms with van der Waals surface area (Å²) in [5, 5.41) is 5.67. The van der Waals surface area contributed by atoms with Gasteiger partial charge in [-0.05, 0) is 36.4 Å². The van der Waals surface area contributed by atoms with Gasteiger partial charge >= 0.3 is 0 Å². The molecule has 138 valence electrons. The minimum atomic E-state index is -0.270. The molecule has 6 nitrogen and oxygen atoms in total. The Balaban J connectivity index is 1.63. The predicted molar refractivity (Wildman–Crippen MR) is 104 cm³/mol. The number of benzene rings is 2. The average molecular weight is 364 g/mol. The Morgan fingerprint density at radius 2 is 1.67 bits per heavy atom. The smallest absolute Gasteiger partial charge is 0.279 e. The lowest BCUT2D eigenvalue weighted by Gasteiger charge is -2.14. The number of anilines is 2. The highest BCUT2D eigenvalue weighted by molar-refractivity contribution is 6.10. The van der Waals surface area contributed by atoms with Crippen LogP contribution in [0.4, 0.5) is 11.4 Å². The molecule has 6 heteroatoms. The number of nitrogens with one attached hydrogen (secondary N) is 3. The van der Waals surface area contributed by atoms with E-state index in [4.69, 9.17) is 4.42 Å². The van der Waals surface area contributed by atoms with E-state index < -0.39 is 0 Å². The molecule has 1 atom stereocenters. The summed E-state index contributed by atoms with van der Waals surface area (Å²) in [7, 11) is 1.91. The Morgan fingerprint density at radius 3 is 2.41 bits per heavy atom. The Labute approximate surface area is 157 Å². The van der Waals surface area contributed by atoms with E-state index in [9.17, 15) is 9.59 Å². The fraction of sp³-hybridized carbons (Fsp3) is 0.143. The van der Waals surface area contributed by atoms with Gasteiger partial charge in [0.05, 0.1) is 24.6 Å². The average Bonchev–Trinajstić information content (AvgIpc) is 3.15. The number of quaternary nitrogens is 1. The van der Waals surface area contributed by atoms with Crippen LogP contribution in [0, 0.1) is 0 Å². The first kappa shape index (κ1) is 18.4. The van der Waals surface area contributed by atoms with Crippen molar-refractivity contribution in [1.82, 2.24) is 0 Å². The molecule has 27 heavy (non-hydrogen) atoms. The van der Waals surface area contributed by atoms with E-state index in [1.165, 1.54) is 0 Å². The molecule has 1 heterocycles. The first-order valence-electron chi connectivity index (χ1n) is 8.71. The molecule has 2 amide bonds. The summed E-state index contributed by atoms with van der Waals surface area (Å²) in [5.41, 5.74) is 1.60. The number of furan rings is 1. The van der Waals surface area contributed by atoms with Gasteiger partial charge < -0.3 is 20.0 Å². The van der Waals surface area contributed by atoms with Crippen molar-refractivity contribution in [2.75, 3.05) is 24.2 Å². The second-order valence-corrected chi connectivity index (χ2v) is 6.30. The highest BCUT2D eigenvalue weighted by atomic mass is 16.3. The monoisotopic (exact) mass is 364 g/mol. The molecule has 0 saturated carbocycles. The zero-order chi connectivity index (χ0) is 19.1. The molecular formula is C21H22N3O3+. The van der Waals surface area contributed by atoms with Gasteiger partial charge in [0, 0.05) is 5.69 Å². The topological polar surface area (TPSA) is 75.8 Å². The van der Waals surface area contributed by atoms with Crippen LogP contribution < -0.4 is 15.5 Å². The Hall–Kier alpha value is -3.38. The lowest BCUT2D eigenvalue weighted by atomic mass is 10.1. The van der Waals surface area contributed by atoms with Crippen LogP contribution in [0.25, 0.3) is 0 Å². The van der Waals surface area contributed by atoms with Crippen molar-refractivity contribution in [1.29, 1.82) is 0 Å². The predicted octanol–water partition coefficient (Wildman–Crippen LogP) is 2.19. The lowest BCUT2D eigenvalue weighted by Crippen LogP contribution is -3.08. The standard InChI is InChI=1S/C21H21N3O3/c1-24(14-17-10-7-13-27-17)15-20(25)23-19-12-6-5-11-18(19)21(26)22-16-8-3-2-4-9-16/h2-13H,14-15H2,1H3,(H,22,26)(H,23,25)/p+1. The van der Waals surface area contributed by atoms with Gasteiger partial charge in [0.2, 0.25) is 0 Å². The maximum Gasteiger partial charge on any atom is 0.279 e. The van der Waals surface area contributed by atoms with E-state index in [-0.39, 0.29) is 18.4 Å². The number of carbonyl (C=O) groups is 2. The van der Waals surface area contributed by atoms with E-state index in [1.807, 2.05) is 49.5 Å². The van der Waals surface area contributed by atoms with Crippen molar-refractivity contribution in [2.24, 2.45) is 0 Å². The van der Waals surface area contributed by atoms with Gasteiger partial charge in [0.1, 0.15) is 6.54 Å². The number of hydrogen-bond acceptors (Lipinski definition) is 3. The second kappa shape index (κ2) is 8.82. The molecule has 3 N–H and O–H groups in total. The third-order valence-corrected chi connectivity index (χ3v) is 4.00. The van der Waals surface area contributed by atoms with Crippen LogP contribution >= 0.6 is 0 Å². The van der Waals surface area contributed by atoms with Crippen molar-refractivity contribution in [3.63, 3.8) is 0 Å². The number of hydrogen-bond donors (Lipinski definition) is 3. The van der Waals surface area contributed by atoms with Crippen LogP contribution in [-0.4, -0.2) is 25.4 Å². The van der Waals surface area contributed by atoms with Gasteiger partial charge in [0.15, 0.2) is 12.3 Å². The van der Waals surface area contributed by atoms with Gasteiger partial charge in [-0.1, -0.05) is 30.3 Å². The first-order chi connectivity index (χ1) is 13.1. The summed E-state index contributed by atoms with van der Waals surface area (Å²) in [4.78, 5) is 25.9. The number of likely N-dealkylation sites (N-methyl/N-ethyl adjacent to an activating group) is 1. The zero-order valence-electron chi connectivity index (χ0n) is 15.1. The summed E-state index contributed by atoms with van der Waals surface area (Å²) >= 11 is 0. The van der Waals surface area contributed by atoms with E-state index in [0.717, 1.165) is 10.7 Å². The molecule has 0 radical (unpaired) electrons. The third-order valence-electron chi connectivity index (χ3n) is 4.00. The van der Waals surface area contributed by atoms with Crippen molar-refractivity contribution in [3.8, 4) is 0 Å². The normalized spacial score (nSPS) is 11.6. The molecule has 0 aliphatic heterocycles. The second-order valence-electron chi connectivity index (χ2n) is 6.30. The van der Waals surface area contributed by atoms with Gasteiger partial charge in [0.25, 0.3) is 11.8 Å². The number of para-hydroxylation sites is 2. The molecule has 0 spiro atoms. The van der Waals surface area contributed by atoms with Crippen LogP contribution in [0.1, 0.15) is 16.1 Å². The number of amides is 2. The van der Waals surface area contributed by atoms with Crippen LogP contribution in [0.2, 0.25) is 0 Å². The first-order valence-corrected chi connectivity index (χ1v) is 8.71. The maximum atomic E-state index is 12.6. The fourth-order valence-electron chi connectivity index (χ4n) is 2.75.